The topological polar surface area (TPSA) is 109 Å². The van der Waals surface area contributed by atoms with E-state index in [0.717, 1.165) is 50.7 Å². The van der Waals surface area contributed by atoms with Gasteiger partial charge in [-0.05, 0) is 62.9 Å². The molecule has 202 valence electrons. The van der Waals surface area contributed by atoms with Crippen molar-refractivity contribution in [2.45, 2.75) is 76.1 Å². The summed E-state index contributed by atoms with van der Waals surface area (Å²) in [6, 6.07) is 0.531. The minimum atomic E-state index is -0.655. The molecule has 0 aromatic heterocycles. The number of cyclic esters (lactones) is 1. The van der Waals surface area contributed by atoms with Gasteiger partial charge in [0, 0.05) is 30.0 Å². The molecule has 9 unspecified atom stereocenters. The van der Waals surface area contributed by atoms with Crippen molar-refractivity contribution in [3.63, 3.8) is 0 Å². The molecule has 0 aromatic carbocycles. The number of hydrogen-bond acceptors (Lipinski definition) is 8. The molecule has 8 nitrogen and oxygen atoms in total. The molecule has 2 bridgehead atoms. The van der Waals surface area contributed by atoms with Crippen LogP contribution in [0.1, 0.15) is 51.9 Å². The first-order chi connectivity index (χ1) is 18.0. The molecule has 0 radical (unpaired) electrons. The Morgan fingerprint density at radius 1 is 1.16 bits per heavy atom. The van der Waals surface area contributed by atoms with E-state index in [9.17, 15) is 20.1 Å². The summed E-state index contributed by atoms with van der Waals surface area (Å²) in [7, 11) is 1.43. The summed E-state index contributed by atoms with van der Waals surface area (Å²) in [6.45, 7) is 1.60. The number of carbonyl (C=O) groups excluding carboxylic acids is 1. The predicted molar refractivity (Wildman–Crippen MR) is 134 cm³/mol. The smallest absolute Gasteiger partial charge is 0.345 e. The maximum absolute atomic E-state index is 12.4. The van der Waals surface area contributed by atoms with E-state index in [1.54, 1.807) is 0 Å². The number of hydrogen-bond donors (Lipinski definition) is 3. The van der Waals surface area contributed by atoms with Crippen molar-refractivity contribution in [2.75, 3.05) is 20.3 Å². The van der Waals surface area contributed by atoms with E-state index in [2.05, 4.69) is 30.1 Å². The Balaban J connectivity index is 1.37. The van der Waals surface area contributed by atoms with Crippen LogP contribution in [0.4, 0.5) is 0 Å². The molecule has 3 fully saturated rings. The molecule has 6 rings (SSSR count). The lowest BCUT2D eigenvalue weighted by Crippen LogP contribution is -2.65. The van der Waals surface area contributed by atoms with E-state index >= 15 is 0 Å². The van der Waals surface area contributed by atoms with Crippen molar-refractivity contribution in [3.05, 3.63) is 46.8 Å². The molecule has 1 aliphatic carbocycles. The first kappa shape index (κ1) is 25.2. The van der Waals surface area contributed by atoms with E-state index in [4.69, 9.17) is 14.2 Å². The fourth-order valence-electron chi connectivity index (χ4n) is 8.12. The first-order valence-corrected chi connectivity index (χ1v) is 13.9. The Kier molecular flexibility index (Phi) is 6.72. The molecule has 0 spiro atoms. The van der Waals surface area contributed by atoms with Gasteiger partial charge in [-0.1, -0.05) is 19.1 Å². The molecule has 5 heterocycles. The highest BCUT2D eigenvalue weighted by atomic mass is 16.6. The second-order valence-corrected chi connectivity index (χ2v) is 11.7. The lowest BCUT2D eigenvalue weighted by molar-refractivity contribution is -0.134. The van der Waals surface area contributed by atoms with Gasteiger partial charge in [-0.2, -0.15) is 0 Å². The summed E-state index contributed by atoms with van der Waals surface area (Å²) in [5.74, 6) is 1.57. The van der Waals surface area contributed by atoms with Crippen LogP contribution >= 0.6 is 0 Å². The van der Waals surface area contributed by atoms with Crippen LogP contribution in [0.5, 0.6) is 0 Å². The van der Waals surface area contributed by atoms with Crippen molar-refractivity contribution in [2.24, 2.45) is 29.6 Å². The van der Waals surface area contributed by atoms with Crippen molar-refractivity contribution in [1.82, 2.24) is 4.90 Å². The number of esters is 1. The van der Waals surface area contributed by atoms with Crippen LogP contribution < -0.4 is 0 Å². The first-order valence-electron chi connectivity index (χ1n) is 13.9. The molecule has 0 amide bonds. The van der Waals surface area contributed by atoms with Gasteiger partial charge in [0.15, 0.2) is 11.5 Å². The van der Waals surface area contributed by atoms with Gasteiger partial charge in [-0.3, -0.25) is 4.90 Å². The number of carbonyl (C=O) groups is 1. The van der Waals surface area contributed by atoms with E-state index in [0.29, 0.717) is 23.6 Å². The molecule has 0 saturated carbocycles. The summed E-state index contributed by atoms with van der Waals surface area (Å²) in [4.78, 5) is 15.0. The second-order valence-electron chi connectivity index (χ2n) is 11.7. The molecular weight excluding hydrogens is 474 g/mol. The van der Waals surface area contributed by atoms with E-state index in [1.165, 1.54) is 7.11 Å². The number of aliphatic hydroxyl groups is 3. The summed E-state index contributed by atoms with van der Waals surface area (Å²) in [6.07, 6.45) is 13.4. The quantitative estimate of drug-likeness (QED) is 0.381. The number of allylic oxidation sites excluding steroid dienone is 1. The third-order valence-electron chi connectivity index (χ3n) is 9.76. The van der Waals surface area contributed by atoms with Crippen molar-refractivity contribution < 1.29 is 34.3 Å². The lowest BCUT2D eigenvalue weighted by atomic mass is 9.68. The average Bonchev–Trinajstić information content (AvgIpc) is 3.37. The maximum Gasteiger partial charge on any atom is 0.345 e. The van der Waals surface area contributed by atoms with Crippen LogP contribution in [0.15, 0.2) is 46.8 Å². The fraction of sp³-hybridized carbons (Fsp3) is 0.690. The molecule has 8 heteroatoms. The molecule has 0 aromatic rings. The van der Waals surface area contributed by atoms with E-state index in [-0.39, 0.29) is 47.6 Å². The average molecular weight is 514 g/mol. The van der Waals surface area contributed by atoms with Gasteiger partial charge in [0.2, 0.25) is 5.76 Å². The van der Waals surface area contributed by atoms with Gasteiger partial charge in [-0.25, -0.2) is 4.79 Å². The second kappa shape index (κ2) is 9.88. The normalized spacial score (nSPS) is 42.1. The van der Waals surface area contributed by atoms with Crippen LogP contribution in [0.2, 0.25) is 0 Å². The fourth-order valence-corrected chi connectivity index (χ4v) is 8.12. The van der Waals surface area contributed by atoms with Gasteiger partial charge >= 0.3 is 5.97 Å². The number of ether oxygens (including phenoxy) is 3. The molecule has 5 aliphatic heterocycles. The lowest BCUT2D eigenvalue weighted by Gasteiger charge is -2.57. The SMILES string of the molecule is COC1=C(CO)C(=O)OC1=C1OC2=CCC3CCC4CCC(C2C1CO)N3C4C(O)C1C=CCC(C)C1. The minimum absolute atomic E-state index is 0.0564. The van der Waals surface area contributed by atoms with Crippen molar-refractivity contribution >= 4 is 5.97 Å². The predicted octanol–water partition coefficient (Wildman–Crippen LogP) is 2.76. The van der Waals surface area contributed by atoms with E-state index < -0.39 is 24.6 Å². The van der Waals surface area contributed by atoms with Gasteiger partial charge < -0.3 is 29.5 Å². The van der Waals surface area contributed by atoms with Crippen LogP contribution in [0, 0.1) is 29.6 Å². The van der Waals surface area contributed by atoms with Gasteiger partial charge in [0.05, 0.1) is 32.3 Å². The standard InChI is InChI=1S/C29H39NO7/c1-15-4-3-5-17(12-15)25(33)24-16-6-8-18-9-11-22-23(21(10-7-16)30(18)24)19(13-31)27(36-22)28-26(35-2)20(14-32)29(34)37-28/h3,5,11,15-19,21,23-25,31-33H,4,6-10,12-14H2,1-2H3. The monoisotopic (exact) mass is 513 g/mol. The van der Waals surface area contributed by atoms with Gasteiger partial charge in [0.25, 0.3) is 0 Å². The number of aliphatic hydroxyl groups excluding tert-OH is 3. The maximum atomic E-state index is 12.4. The van der Waals surface area contributed by atoms with Crippen LogP contribution in [-0.2, 0) is 19.0 Å². The molecule has 3 N–H and O–H groups in total. The summed E-state index contributed by atoms with van der Waals surface area (Å²) >= 11 is 0. The summed E-state index contributed by atoms with van der Waals surface area (Å²) in [5, 5.41) is 32.1. The molecule has 3 saturated heterocycles. The Morgan fingerprint density at radius 3 is 2.70 bits per heavy atom. The zero-order valence-corrected chi connectivity index (χ0v) is 21.7. The highest BCUT2D eigenvalue weighted by Crippen LogP contribution is 2.53. The van der Waals surface area contributed by atoms with E-state index in [1.807, 2.05) is 0 Å². The number of fused-ring (bicyclic) bond motifs is 3. The number of rotatable bonds is 5. The largest absolute Gasteiger partial charge is 0.492 e. The number of methoxy groups -OCH3 is 1. The Hall–Kier alpha value is -2.13. The Labute approximate surface area is 218 Å². The Bertz CT molecular complexity index is 1060. The third-order valence-corrected chi connectivity index (χ3v) is 9.76. The van der Waals surface area contributed by atoms with Crippen molar-refractivity contribution in [1.29, 1.82) is 0 Å². The van der Waals surface area contributed by atoms with Crippen LogP contribution in [0.3, 0.4) is 0 Å². The molecule has 37 heavy (non-hydrogen) atoms. The number of nitrogens with zero attached hydrogens (tertiary/aromatic N) is 1. The zero-order chi connectivity index (χ0) is 25.8. The summed E-state index contributed by atoms with van der Waals surface area (Å²) in [5.41, 5.74) is 0.0564. The molecule has 9 atom stereocenters. The molecule has 6 aliphatic rings. The molecular formula is C29H39NO7. The zero-order valence-electron chi connectivity index (χ0n) is 21.7. The number of piperidine rings is 2. The summed E-state index contributed by atoms with van der Waals surface area (Å²) < 4.78 is 17.3. The highest BCUT2D eigenvalue weighted by Gasteiger charge is 2.56. The van der Waals surface area contributed by atoms with Crippen molar-refractivity contribution in [3.8, 4) is 0 Å². The third kappa shape index (κ3) is 3.99. The minimum Gasteiger partial charge on any atom is -0.492 e. The van der Waals surface area contributed by atoms with Gasteiger partial charge in [0.1, 0.15) is 11.3 Å². The van der Waals surface area contributed by atoms with Crippen LogP contribution in [-0.4, -0.2) is 70.7 Å². The Morgan fingerprint density at radius 2 is 1.97 bits per heavy atom. The van der Waals surface area contributed by atoms with Gasteiger partial charge in [-0.15, -0.1) is 0 Å². The van der Waals surface area contributed by atoms with Crippen LogP contribution in [0.25, 0.3) is 0 Å². The highest BCUT2D eigenvalue weighted by molar-refractivity contribution is 5.94.